The molecule has 0 bridgehead atoms. The zero-order chi connectivity index (χ0) is 17.2. The van der Waals surface area contributed by atoms with Crippen LogP contribution in [0.15, 0.2) is 24.9 Å². The van der Waals surface area contributed by atoms with Crippen molar-refractivity contribution in [1.29, 1.82) is 0 Å². The molecular weight excluding hydrogens is 308 g/mol. The van der Waals surface area contributed by atoms with E-state index in [1.807, 2.05) is 6.92 Å². The van der Waals surface area contributed by atoms with Crippen LogP contribution in [0.4, 0.5) is 0 Å². The van der Waals surface area contributed by atoms with Gasteiger partial charge in [0.05, 0.1) is 23.0 Å². The highest BCUT2D eigenvalue weighted by Crippen LogP contribution is 2.34. The van der Waals surface area contributed by atoms with Gasteiger partial charge in [-0.2, -0.15) is 5.10 Å². The second-order valence-corrected chi connectivity index (χ2v) is 6.26. The second kappa shape index (κ2) is 6.38. The van der Waals surface area contributed by atoms with Crippen LogP contribution in [0.25, 0.3) is 0 Å². The molecule has 1 aliphatic rings. The Kier molecular flexibility index (Phi) is 4.28. The molecule has 3 heterocycles. The van der Waals surface area contributed by atoms with Crippen LogP contribution < -0.4 is 5.32 Å². The van der Waals surface area contributed by atoms with Crippen molar-refractivity contribution < 1.29 is 9.59 Å². The van der Waals surface area contributed by atoms with E-state index >= 15 is 0 Å². The molecule has 0 aliphatic carbocycles. The third kappa shape index (κ3) is 2.86. The minimum absolute atomic E-state index is 0.0949. The van der Waals surface area contributed by atoms with Gasteiger partial charge in [-0.15, -0.1) is 0 Å². The molecule has 1 aliphatic heterocycles. The zero-order valence-electron chi connectivity index (χ0n) is 13.7. The SMILES string of the molecule is CNC(=O)c1cn[nH]c1[C@]1(C)CCCN(C(=O)c2cncnc2)C1. The van der Waals surface area contributed by atoms with Crippen molar-refractivity contribution in [3.63, 3.8) is 0 Å². The number of carbonyl (C=O) groups excluding carboxylic acids is 2. The summed E-state index contributed by atoms with van der Waals surface area (Å²) in [6.45, 7) is 3.23. The first kappa shape index (κ1) is 16.1. The minimum Gasteiger partial charge on any atom is -0.355 e. The van der Waals surface area contributed by atoms with Gasteiger partial charge in [-0.05, 0) is 12.8 Å². The van der Waals surface area contributed by atoms with Crippen molar-refractivity contribution in [3.05, 3.63) is 41.7 Å². The fraction of sp³-hybridized carbons (Fsp3) is 0.438. The van der Waals surface area contributed by atoms with Gasteiger partial charge in [-0.25, -0.2) is 9.97 Å². The van der Waals surface area contributed by atoms with E-state index in [0.29, 0.717) is 24.2 Å². The fourth-order valence-electron chi connectivity index (χ4n) is 3.26. The largest absolute Gasteiger partial charge is 0.355 e. The molecule has 1 atom stereocenters. The third-order valence-corrected chi connectivity index (χ3v) is 4.51. The summed E-state index contributed by atoms with van der Waals surface area (Å²) < 4.78 is 0. The lowest BCUT2D eigenvalue weighted by Gasteiger charge is -2.40. The van der Waals surface area contributed by atoms with Crippen LogP contribution in [0.2, 0.25) is 0 Å². The Morgan fingerprint density at radius 2 is 2.04 bits per heavy atom. The summed E-state index contributed by atoms with van der Waals surface area (Å²) in [4.78, 5) is 34.3. The molecule has 24 heavy (non-hydrogen) atoms. The molecule has 0 saturated carbocycles. The Bertz CT molecular complexity index is 744. The molecule has 0 unspecified atom stereocenters. The molecule has 2 amide bonds. The number of nitrogens with one attached hydrogen (secondary N) is 2. The van der Waals surface area contributed by atoms with Crippen LogP contribution in [0, 0.1) is 0 Å². The van der Waals surface area contributed by atoms with Gasteiger partial charge < -0.3 is 10.2 Å². The summed E-state index contributed by atoms with van der Waals surface area (Å²) >= 11 is 0. The quantitative estimate of drug-likeness (QED) is 0.865. The van der Waals surface area contributed by atoms with Gasteiger partial charge in [0.15, 0.2) is 0 Å². The maximum atomic E-state index is 12.7. The smallest absolute Gasteiger partial charge is 0.257 e. The first-order chi connectivity index (χ1) is 11.5. The lowest BCUT2D eigenvalue weighted by molar-refractivity contribution is 0.0646. The number of piperidine rings is 1. The number of amides is 2. The molecule has 8 nitrogen and oxygen atoms in total. The molecule has 1 saturated heterocycles. The van der Waals surface area contributed by atoms with Crippen molar-refractivity contribution in [2.24, 2.45) is 0 Å². The predicted octanol–water partition coefficient (Wildman–Crippen LogP) is 0.753. The first-order valence-corrected chi connectivity index (χ1v) is 7.85. The summed E-state index contributed by atoms with van der Waals surface area (Å²) in [5.41, 5.74) is 1.40. The van der Waals surface area contributed by atoms with E-state index in [1.54, 1.807) is 11.9 Å². The molecule has 2 aromatic rings. The maximum absolute atomic E-state index is 12.7. The van der Waals surface area contributed by atoms with Crippen LogP contribution in [0.1, 0.15) is 46.2 Å². The fourth-order valence-corrected chi connectivity index (χ4v) is 3.26. The molecule has 1 fully saturated rings. The Balaban J connectivity index is 1.86. The number of likely N-dealkylation sites (tertiary alicyclic amines) is 1. The average Bonchev–Trinajstić information content (AvgIpc) is 3.12. The van der Waals surface area contributed by atoms with E-state index in [2.05, 4.69) is 25.5 Å². The molecule has 0 radical (unpaired) electrons. The molecule has 8 heteroatoms. The molecule has 2 N–H and O–H groups in total. The number of aromatic amines is 1. The number of aromatic nitrogens is 4. The van der Waals surface area contributed by atoms with Crippen LogP contribution in [0.5, 0.6) is 0 Å². The highest BCUT2D eigenvalue weighted by Gasteiger charge is 2.38. The molecular formula is C16H20N6O2. The third-order valence-electron chi connectivity index (χ3n) is 4.51. The number of carbonyl (C=O) groups is 2. The van der Waals surface area contributed by atoms with E-state index in [4.69, 9.17) is 0 Å². The molecule has 0 aromatic carbocycles. The number of hydrogen-bond donors (Lipinski definition) is 2. The summed E-state index contributed by atoms with van der Waals surface area (Å²) in [6, 6.07) is 0. The number of nitrogens with zero attached hydrogens (tertiary/aromatic N) is 4. The van der Waals surface area contributed by atoms with Gasteiger partial charge in [0.2, 0.25) is 0 Å². The van der Waals surface area contributed by atoms with E-state index in [-0.39, 0.29) is 17.2 Å². The summed E-state index contributed by atoms with van der Waals surface area (Å²) in [7, 11) is 1.59. The van der Waals surface area contributed by atoms with E-state index < -0.39 is 0 Å². The van der Waals surface area contributed by atoms with Gasteiger partial charge >= 0.3 is 0 Å². The summed E-state index contributed by atoms with van der Waals surface area (Å²) in [6.07, 6.45) is 7.69. The van der Waals surface area contributed by atoms with Crippen molar-refractivity contribution >= 4 is 11.8 Å². The average molecular weight is 328 g/mol. The lowest BCUT2D eigenvalue weighted by atomic mass is 9.77. The van der Waals surface area contributed by atoms with Gasteiger partial charge in [-0.1, -0.05) is 6.92 Å². The van der Waals surface area contributed by atoms with E-state index in [1.165, 1.54) is 24.9 Å². The number of rotatable bonds is 3. The highest BCUT2D eigenvalue weighted by molar-refractivity contribution is 5.95. The second-order valence-electron chi connectivity index (χ2n) is 6.26. The van der Waals surface area contributed by atoms with Gasteiger partial charge in [-0.3, -0.25) is 14.7 Å². The maximum Gasteiger partial charge on any atom is 0.257 e. The zero-order valence-corrected chi connectivity index (χ0v) is 13.7. The van der Waals surface area contributed by atoms with E-state index in [9.17, 15) is 9.59 Å². The Labute approximate surface area is 139 Å². The van der Waals surface area contributed by atoms with Crippen LogP contribution in [-0.2, 0) is 5.41 Å². The molecule has 3 rings (SSSR count). The predicted molar refractivity (Wildman–Crippen MR) is 86.5 cm³/mol. The highest BCUT2D eigenvalue weighted by atomic mass is 16.2. The van der Waals surface area contributed by atoms with Crippen LogP contribution in [-0.4, -0.2) is 57.0 Å². The van der Waals surface area contributed by atoms with Crippen LogP contribution >= 0.6 is 0 Å². The first-order valence-electron chi connectivity index (χ1n) is 7.85. The number of hydrogen-bond acceptors (Lipinski definition) is 5. The van der Waals surface area contributed by atoms with Crippen molar-refractivity contribution in [2.45, 2.75) is 25.2 Å². The minimum atomic E-state index is -0.359. The summed E-state index contributed by atoms with van der Waals surface area (Å²) in [5, 5.41) is 9.62. The number of H-pyrrole nitrogens is 1. The van der Waals surface area contributed by atoms with Crippen molar-refractivity contribution in [3.8, 4) is 0 Å². The van der Waals surface area contributed by atoms with Crippen LogP contribution in [0.3, 0.4) is 0 Å². The lowest BCUT2D eigenvalue weighted by Crippen LogP contribution is -2.48. The van der Waals surface area contributed by atoms with E-state index in [0.717, 1.165) is 18.5 Å². The van der Waals surface area contributed by atoms with Crippen molar-refractivity contribution in [2.75, 3.05) is 20.1 Å². The molecule has 0 spiro atoms. The van der Waals surface area contributed by atoms with Gasteiger partial charge in [0.1, 0.15) is 6.33 Å². The topological polar surface area (TPSA) is 104 Å². The Morgan fingerprint density at radius 3 is 2.75 bits per heavy atom. The molecule has 126 valence electrons. The molecule has 2 aromatic heterocycles. The summed E-state index contributed by atoms with van der Waals surface area (Å²) in [5.74, 6) is -0.276. The van der Waals surface area contributed by atoms with Crippen molar-refractivity contribution in [1.82, 2.24) is 30.4 Å². The Morgan fingerprint density at radius 1 is 1.29 bits per heavy atom. The van der Waals surface area contributed by atoms with Gasteiger partial charge in [0, 0.05) is 37.9 Å². The normalized spacial score (nSPS) is 20.7. The van der Waals surface area contributed by atoms with Gasteiger partial charge in [0.25, 0.3) is 11.8 Å². The monoisotopic (exact) mass is 328 g/mol. The Hall–Kier alpha value is -2.77. The standard InChI is InChI=1S/C16H20N6O2/c1-16(13-12(8-20-21-13)14(23)17-2)4-3-5-22(9-16)15(24)11-6-18-10-19-7-11/h6-8,10H,3-5,9H2,1-2H3,(H,17,23)(H,20,21)/t16-/m1/s1.